The van der Waals surface area contributed by atoms with Gasteiger partial charge in [-0.3, -0.25) is 4.99 Å². The first kappa shape index (κ1) is 18.3. The van der Waals surface area contributed by atoms with Crippen molar-refractivity contribution in [3.63, 3.8) is 0 Å². The Kier molecular flexibility index (Phi) is 3.97. The molecular formula is C24H21N6O+. The molecule has 7 nitrogen and oxygen atoms in total. The highest BCUT2D eigenvalue weighted by molar-refractivity contribution is 6.02. The second-order valence-corrected chi connectivity index (χ2v) is 8.21. The lowest BCUT2D eigenvalue weighted by Crippen LogP contribution is -2.57. The number of aliphatic hydroxyl groups excluding tert-OH is 1. The number of aliphatic hydroxyl groups is 1. The van der Waals surface area contributed by atoms with Gasteiger partial charge in [-0.25, -0.2) is 9.97 Å². The molecule has 0 radical (unpaired) electrons. The Morgan fingerprint density at radius 2 is 1.87 bits per heavy atom. The standard InChI is InChI=1S/C24H21N6O/c25-30-9-8-26-14-21(30)22(29-24(30)18-10-19(31)11-18)16-6-7-17-13-27-23(28-20(17)12-16)15-4-2-1-3-5-15/h1-9,12-14,18-19,31H,10-11,25H2/q+1. The fourth-order valence-corrected chi connectivity index (χ4v) is 4.43. The van der Waals surface area contributed by atoms with Gasteiger partial charge in [0.1, 0.15) is 11.9 Å². The van der Waals surface area contributed by atoms with E-state index in [0.29, 0.717) is 18.7 Å². The number of hydrogen-bond donors (Lipinski definition) is 2. The zero-order valence-electron chi connectivity index (χ0n) is 16.8. The van der Waals surface area contributed by atoms with Crippen molar-refractivity contribution in [3.05, 3.63) is 78.4 Å². The average molecular weight is 409 g/mol. The highest BCUT2D eigenvalue weighted by Gasteiger charge is 2.50. The molecule has 0 saturated heterocycles. The molecule has 2 aromatic carbocycles. The van der Waals surface area contributed by atoms with Crippen LogP contribution in [0.1, 0.15) is 18.4 Å². The van der Waals surface area contributed by atoms with E-state index >= 15 is 0 Å². The van der Waals surface area contributed by atoms with E-state index < -0.39 is 0 Å². The minimum atomic E-state index is -0.275. The molecule has 1 fully saturated rings. The maximum atomic E-state index is 9.81. The number of benzene rings is 2. The summed E-state index contributed by atoms with van der Waals surface area (Å²) < 4.78 is 0.0211. The van der Waals surface area contributed by atoms with Crippen LogP contribution in [0.4, 0.5) is 0 Å². The Balaban J connectivity index is 1.46. The van der Waals surface area contributed by atoms with E-state index in [1.165, 1.54) is 0 Å². The van der Waals surface area contributed by atoms with Crippen LogP contribution in [0.5, 0.6) is 0 Å². The van der Waals surface area contributed by atoms with E-state index in [2.05, 4.69) is 9.98 Å². The van der Waals surface area contributed by atoms with Crippen molar-refractivity contribution in [1.82, 2.24) is 9.97 Å². The molecule has 152 valence electrons. The van der Waals surface area contributed by atoms with E-state index in [1.54, 1.807) is 12.4 Å². The molecule has 6 rings (SSSR count). The van der Waals surface area contributed by atoms with Crippen LogP contribution in [-0.2, 0) is 0 Å². The SMILES string of the molecule is N[N+]12C=CN=CC1=C(c1ccc3cnc(-c4ccccc4)nc3c1)N=C2C1CC(O)C1. The molecule has 31 heavy (non-hydrogen) atoms. The summed E-state index contributed by atoms with van der Waals surface area (Å²) in [7, 11) is 0. The first-order chi connectivity index (χ1) is 15.1. The second-order valence-electron chi connectivity index (χ2n) is 8.21. The summed E-state index contributed by atoms with van der Waals surface area (Å²) in [6, 6.07) is 16.0. The highest BCUT2D eigenvalue weighted by Crippen LogP contribution is 2.41. The maximum Gasteiger partial charge on any atom is 0.236 e. The van der Waals surface area contributed by atoms with Crippen molar-refractivity contribution in [2.45, 2.75) is 18.9 Å². The molecule has 3 N–H and O–H groups in total. The number of allylic oxidation sites excluding steroid dienone is 1. The summed E-state index contributed by atoms with van der Waals surface area (Å²) >= 11 is 0. The van der Waals surface area contributed by atoms with Gasteiger partial charge in [0.25, 0.3) is 0 Å². The number of nitrogens with zero attached hydrogens (tertiary/aromatic N) is 5. The summed E-state index contributed by atoms with van der Waals surface area (Å²) in [5.41, 5.74) is 4.39. The van der Waals surface area contributed by atoms with Crippen molar-refractivity contribution in [2.75, 3.05) is 0 Å². The molecule has 1 aromatic heterocycles. The van der Waals surface area contributed by atoms with Crippen molar-refractivity contribution in [3.8, 4) is 11.4 Å². The number of nitrogens with two attached hydrogens (primary N) is 1. The van der Waals surface area contributed by atoms with E-state index in [9.17, 15) is 5.11 Å². The topological polar surface area (TPSA) is 96.8 Å². The molecule has 1 saturated carbocycles. The quantitative estimate of drug-likeness (QED) is 0.512. The fourth-order valence-electron chi connectivity index (χ4n) is 4.43. The minimum Gasteiger partial charge on any atom is -0.393 e. The number of hydrogen-bond acceptors (Lipinski definition) is 6. The normalized spacial score (nSPS) is 26.7. The molecule has 3 aliphatic rings. The maximum absolute atomic E-state index is 9.81. The van der Waals surface area contributed by atoms with Crippen LogP contribution in [0.3, 0.4) is 0 Å². The molecule has 0 amide bonds. The van der Waals surface area contributed by atoms with Crippen LogP contribution in [0, 0.1) is 5.92 Å². The first-order valence-electron chi connectivity index (χ1n) is 10.3. The monoisotopic (exact) mass is 409 g/mol. The van der Waals surface area contributed by atoms with Crippen molar-refractivity contribution >= 4 is 28.7 Å². The van der Waals surface area contributed by atoms with Crippen LogP contribution < -0.4 is 5.84 Å². The Hall–Kier alpha value is -3.52. The Morgan fingerprint density at radius 1 is 1.03 bits per heavy atom. The molecular weight excluding hydrogens is 388 g/mol. The number of aromatic nitrogens is 2. The minimum absolute atomic E-state index is 0.0211. The van der Waals surface area contributed by atoms with Gasteiger partial charge in [0, 0.05) is 22.7 Å². The van der Waals surface area contributed by atoms with E-state index in [0.717, 1.165) is 39.3 Å². The number of rotatable bonds is 3. The largest absolute Gasteiger partial charge is 0.393 e. The van der Waals surface area contributed by atoms with Gasteiger partial charge in [-0.05, 0) is 18.9 Å². The summed E-state index contributed by atoms with van der Waals surface area (Å²) in [5, 5.41) is 10.8. The molecule has 2 aliphatic heterocycles. The number of aliphatic imine (C=N–C) groups is 2. The van der Waals surface area contributed by atoms with Crippen LogP contribution >= 0.6 is 0 Å². The van der Waals surface area contributed by atoms with Gasteiger partial charge in [-0.2, -0.15) is 10.8 Å². The molecule has 0 bridgehead atoms. The zero-order chi connectivity index (χ0) is 21.0. The Morgan fingerprint density at radius 3 is 2.68 bits per heavy atom. The lowest BCUT2D eigenvalue weighted by atomic mass is 9.81. The summed E-state index contributed by atoms with van der Waals surface area (Å²) in [6.45, 7) is 0. The molecule has 1 aliphatic carbocycles. The van der Waals surface area contributed by atoms with Gasteiger partial charge >= 0.3 is 0 Å². The molecule has 0 spiro atoms. The fraction of sp³-hybridized carbons (Fsp3) is 0.167. The lowest BCUT2D eigenvalue weighted by Gasteiger charge is -2.36. The van der Waals surface area contributed by atoms with E-state index in [1.807, 2.05) is 60.9 Å². The van der Waals surface area contributed by atoms with Crippen LogP contribution in [0.25, 0.3) is 28.0 Å². The molecule has 3 aromatic rings. The average Bonchev–Trinajstić information content (AvgIpc) is 3.09. The third kappa shape index (κ3) is 2.86. The molecule has 7 heteroatoms. The lowest BCUT2D eigenvalue weighted by molar-refractivity contribution is -0.754. The second kappa shape index (κ2) is 6.75. The van der Waals surface area contributed by atoms with Crippen molar-refractivity contribution < 1.29 is 9.70 Å². The highest BCUT2D eigenvalue weighted by atomic mass is 16.3. The number of quaternary nitrogens is 1. The molecule has 3 heterocycles. The van der Waals surface area contributed by atoms with Gasteiger partial charge in [-0.15, -0.1) is 4.59 Å². The first-order valence-corrected chi connectivity index (χ1v) is 10.3. The van der Waals surface area contributed by atoms with E-state index in [-0.39, 0.29) is 16.6 Å². The van der Waals surface area contributed by atoms with Crippen LogP contribution in [0.15, 0.2) is 82.8 Å². The van der Waals surface area contributed by atoms with Crippen LogP contribution in [-0.4, -0.2) is 37.8 Å². The zero-order valence-corrected chi connectivity index (χ0v) is 16.8. The smallest absolute Gasteiger partial charge is 0.236 e. The third-order valence-electron chi connectivity index (χ3n) is 6.20. The van der Waals surface area contributed by atoms with Gasteiger partial charge < -0.3 is 5.11 Å². The number of amidine groups is 1. The third-order valence-corrected chi connectivity index (χ3v) is 6.20. The van der Waals surface area contributed by atoms with Gasteiger partial charge in [0.15, 0.2) is 5.82 Å². The molecule has 1 unspecified atom stereocenters. The van der Waals surface area contributed by atoms with Gasteiger partial charge in [0.05, 0.1) is 30.0 Å². The van der Waals surface area contributed by atoms with Gasteiger partial charge in [0.2, 0.25) is 11.5 Å². The van der Waals surface area contributed by atoms with Gasteiger partial charge in [-0.1, -0.05) is 42.5 Å². The van der Waals surface area contributed by atoms with Crippen molar-refractivity contribution in [1.29, 1.82) is 0 Å². The van der Waals surface area contributed by atoms with E-state index in [4.69, 9.17) is 15.8 Å². The predicted molar refractivity (Wildman–Crippen MR) is 120 cm³/mol. The van der Waals surface area contributed by atoms with Crippen molar-refractivity contribution in [2.24, 2.45) is 21.7 Å². The van der Waals surface area contributed by atoms with Crippen LogP contribution in [0.2, 0.25) is 0 Å². The summed E-state index contributed by atoms with van der Waals surface area (Å²) in [4.78, 5) is 18.6. The summed E-state index contributed by atoms with van der Waals surface area (Å²) in [5.74, 6) is 8.47. The predicted octanol–water partition coefficient (Wildman–Crippen LogP) is 3.39. The molecule has 1 atom stereocenters. The number of fused-ring (bicyclic) bond motifs is 2. The Bertz CT molecular complexity index is 1320. The summed E-state index contributed by atoms with van der Waals surface area (Å²) in [6.07, 6.45) is 8.28. The Labute approximate surface area is 179 Å².